The highest BCUT2D eigenvalue weighted by atomic mass is 16.5. The Hall–Kier alpha value is -3.43. The average molecular weight is 447 g/mol. The van der Waals surface area contributed by atoms with Crippen molar-refractivity contribution in [2.75, 3.05) is 64.4 Å². The van der Waals surface area contributed by atoms with Crippen LogP contribution < -0.4 is 10.3 Å². The van der Waals surface area contributed by atoms with Gasteiger partial charge in [-0.1, -0.05) is 12.1 Å². The lowest BCUT2D eigenvalue weighted by atomic mass is 10.1. The Bertz CT molecular complexity index is 1430. The van der Waals surface area contributed by atoms with Gasteiger partial charge in [0.05, 0.1) is 29.6 Å². The number of morpholine rings is 1. The molecule has 9 nitrogen and oxygen atoms in total. The molecule has 0 aliphatic carbocycles. The van der Waals surface area contributed by atoms with E-state index in [-0.39, 0.29) is 16.9 Å². The third-order valence-electron chi connectivity index (χ3n) is 6.74. The number of hydrogen-bond acceptors (Lipinski definition) is 6. The zero-order valence-corrected chi connectivity index (χ0v) is 18.6. The van der Waals surface area contributed by atoms with E-state index in [2.05, 4.69) is 14.8 Å². The Morgan fingerprint density at radius 3 is 2.55 bits per heavy atom. The Morgan fingerprint density at radius 1 is 1.00 bits per heavy atom. The Kier molecular flexibility index (Phi) is 4.81. The summed E-state index contributed by atoms with van der Waals surface area (Å²) in [5, 5.41) is 0.451. The van der Waals surface area contributed by atoms with Crippen molar-refractivity contribution < 1.29 is 9.53 Å². The maximum Gasteiger partial charge on any atom is 0.261 e. The smallest absolute Gasteiger partial charge is 0.261 e. The van der Waals surface area contributed by atoms with Gasteiger partial charge in [0.25, 0.3) is 5.91 Å². The normalized spacial score (nSPS) is 18.0. The molecule has 4 aromatic rings. The third-order valence-corrected chi connectivity index (χ3v) is 6.74. The second-order valence-electron chi connectivity index (χ2n) is 8.77. The molecule has 0 unspecified atom stereocenters. The SMILES string of the molecule is CN1CCN(C(=O)c2c(=O)c3ccc(N4CCOCC4)nc3n3c2[nH]c2ccccc23)CC1. The summed E-state index contributed by atoms with van der Waals surface area (Å²) in [4.78, 5) is 41.7. The van der Waals surface area contributed by atoms with Crippen LogP contribution >= 0.6 is 0 Å². The first-order valence-electron chi connectivity index (χ1n) is 11.4. The van der Waals surface area contributed by atoms with Gasteiger partial charge in [-0.25, -0.2) is 4.98 Å². The topological polar surface area (TPSA) is 86.2 Å². The van der Waals surface area contributed by atoms with Gasteiger partial charge in [-0.2, -0.15) is 0 Å². The summed E-state index contributed by atoms with van der Waals surface area (Å²) in [7, 11) is 2.04. The van der Waals surface area contributed by atoms with E-state index >= 15 is 0 Å². The van der Waals surface area contributed by atoms with E-state index in [1.54, 1.807) is 4.90 Å². The van der Waals surface area contributed by atoms with Gasteiger partial charge in [-0.05, 0) is 31.3 Å². The summed E-state index contributed by atoms with van der Waals surface area (Å²) in [6, 6.07) is 11.5. The minimum atomic E-state index is -0.276. The predicted octanol–water partition coefficient (Wildman–Crippen LogP) is 1.55. The Labute approximate surface area is 190 Å². The number of para-hydroxylation sites is 2. The number of nitrogens with zero attached hydrogens (tertiary/aromatic N) is 5. The number of nitrogens with one attached hydrogen (secondary N) is 1. The first-order valence-corrected chi connectivity index (χ1v) is 11.4. The molecule has 1 amide bonds. The van der Waals surface area contributed by atoms with Crippen molar-refractivity contribution in [1.82, 2.24) is 24.2 Å². The first kappa shape index (κ1) is 20.2. The number of carbonyl (C=O) groups excluding carboxylic acids is 1. The van der Waals surface area contributed by atoms with E-state index in [1.165, 1.54) is 0 Å². The lowest BCUT2D eigenvalue weighted by Gasteiger charge is -2.32. The van der Waals surface area contributed by atoms with Crippen molar-refractivity contribution in [3.8, 4) is 0 Å². The first-order chi connectivity index (χ1) is 16.1. The highest BCUT2D eigenvalue weighted by Gasteiger charge is 2.28. The molecule has 0 saturated carbocycles. The van der Waals surface area contributed by atoms with Crippen LogP contribution in [-0.2, 0) is 4.74 Å². The highest BCUT2D eigenvalue weighted by Crippen LogP contribution is 2.25. The van der Waals surface area contributed by atoms with E-state index in [9.17, 15) is 9.59 Å². The summed E-state index contributed by atoms with van der Waals surface area (Å²) >= 11 is 0. The quantitative estimate of drug-likeness (QED) is 0.503. The molecule has 2 fully saturated rings. The lowest BCUT2D eigenvalue weighted by Crippen LogP contribution is -2.48. The number of hydrogen-bond donors (Lipinski definition) is 1. The molecule has 2 saturated heterocycles. The van der Waals surface area contributed by atoms with E-state index in [1.807, 2.05) is 47.8 Å². The molecule has 0 atom stereocenters. The summed E-state index contributed by atoms with van der Waals surface area (Å²) in [6.07, 6.45) is 0. The summed E-state index contributed by atoms with van der Waals surface area (Å²) in [6.45, 7) is 5.61. The molecular formula is C24H26N6O3. The summed E-state index contributed by atoms with van der Waals surface area (Å²) in [5.41, 5.74) is 2.72. The molecule has 170 valence electrons. The summed E-state index contributed by atoms with van der Waals surface area (Å²) in [5.74, 6) is 0.582. The number of rotatable bonds is 2. The van der Waals surface area contributed by atoms with E-state index in [0.717, 1.165) is 43.0 Å². The molecule has 1 aromatic carbocycles. The lowest BCUT2D eigenvalue weighted by molar-refractivity contribution is 0.0664. The molecule has 0 radical (unpaired) electrons. The van der Waals surface area contributed by atoms with Crippen LogP contribution in [0.5, 0.6) is 0 Å². The largest absolute Gasteiger partial charge is 0.378 e. The maximum atomic E-state index is 13.7. The number of imidazole rings is 1. The molecule has 33 heavy (non-hydrogen) atoms. The van der Waals surface area contributed by atoms with Crippen molar-refractivity contribution in [2.45, 2.75) is 0 Å². The number of H-pyrrole nitrogens is 1. The zero-order chi connectivity index (χ0) is 22.5. The molecule has 2 aliphatic heterocycles. The minimum Gasteiger partial charge on any atom is -0.378 e. The van der Waals surface area contributed by atoms with Crippen LogP contribution in [0.3, 0.4) is 0 Å². The van der Waals surface area contributed by atoms with Gasteiger partial charge in [0.1, 0.15) is 17.0 Å². The van der Waals surface area contributed by atoms with E-state index < -0.39 is 0 Å². The Balaban J connectivity index is 1.60. The number of aromatic amines is 1. The van der Waals surface area contributed by atoms with Gasteiger partial charge in [0.2, 0.25) is 5.43 Å². The number of pyridine rings is 2. The molecule has 2 aliphatic rings. The van der Waals surface area contributed by atoms with Gasteiger partial charge in [-0.3, -0.25) is 14.0 Å². The van der Waals surface area contributed by atoms with Gasteiger partial charge in [0.15, 0.2) is 5.65 Å². The summed E-state index contributed by atoms with van der Waals surface area (Å²) < 4.78 is 7.40. The second-order valence-corrected chi connectivity index (χ2v) is 8.77. The number of likely N-dealkylation sites (N-methyl/N-ethyl adjacent to an activating group) is 1. The third kappa shape index (κ3) is 3.27. The number of benzene rings is 1. The standard InChI is InChI=1S/C24H26N6O3/c1-27-8-10-29(11-9-27)24(32)20-21(31)16-6-7-19(28-12-14-33-15-13-28)26-22(16)30-18-5-3-2-4-17(18)25-23(20)30/h2-7,25H,8-15H2,1H3. The molecular weight excluding hydrogens is 420 g/mol. The number of fused-ring (bicyclic) bond motifs is 5. The van der Waals surface area contributed by atoms with Crippen LogP contribution in [0.15, 0.2) is 41.2 Å². The minimum absolute atomic E-state index is 0.184. The van der Waals surface area contributed by atoms with Crippen molar-refractivity contribution >= 4 is 39.4 Å². The van der Waals surface area contributed by atoms with Crippen LogP contribution in [0.25, 0.3) is 27.7 Å². The van der Waals surface area contributed by atoms with Crippen LogP contribution in [0.4, 0.5) is 5.82 Å². The van der Waals surface area contributed by atoms with Crippen molar-refractivity contribution in [1.29, 1.82) is 0 Å². The highest BCUT2D eigenvalue weighted by molar-refractivity contribution is 6.05. The average Bonchev–Trinajstić information content (AvgIpc) is 3.24. The van der Waals surface area contributed by atoms with Crippen molar-refractivity contribution in [3.05, 3.63) is 52.2 Å². The monoisotopic (exact) mass is 446 g/mol. The fourth-order valence-electron chi connectivity index (χ4n) is 4.84. The van der Waals surface area contributed by atoms with Crippen LogP contribution in [-0.4, -0.2) is 89.6 Å². The van der Waals surface area contributed by atoms with Gasteiger partial charge < -0.3 is 24.4 Å². The van der Waals surface area contributed by atoms with E-state index in [4.69, 9.17) is 9.72 Å². The molecule has 0 bridgehead atoms. The number of anilines is 1. The maximum absolute atomic E-state index is 13.7. The number of ether oxygens (including phenoxy) is 1. The molecule has 9 heteroatoms. The fourth-order valence-corrected chi connectivity index (χ4v) is 4.84. The Morgan fingerprint density at radius 2 is 1.76 bits per heavy atom. The van der Waals surface area contributed by atoms with Crippen LogP contribution in [0.2, 0.25) is 0 Å². The number of aromatic nitrogens is 3. The number of carbonyl (C=O) groups is 1. The van der Waals surface area contributed by atoms with Gasteiger partial charge in [0, 0.05) is 39.3 Å². The molecule has 5 heterocycles. The fraction of sp³-hybridized carbons (Fsp3) is 0.375. The molecule has 6 rings (SSSR count). The predicted molar refractivity (Wildman–Crippen MR) is 127 cm³/mol. The van der Waals surface area contributed by atoms with Gasteiger partial charge >= 0.3 is 0 Å². The second kappa shape index (κ2) is 7.86. The van der Waals surface area contributed by atoms with Crippen LogP contribution in [0, 0.1) is 0 Å². The number of amides is 1. The molecule has 3 aromatic heterocycles. The van der Waals surface area contributed by atoms with Gasteiger partial charge in [-0.15, -0.1) is 0 Å². The molecule has 0 spiro atoms. The van der Waals surface area contributed by atoms with Crippen molar-refractivity contribution in [2.24, 2.45) is 0 Å². The zero-order valence-electron chi connectivity index (χ0n) is 18.6. The van der Waals surface area contributed by atoms with E-state index in [0.29, 0.717) is 43.0 Å². The van der Waals surface area contributed by atoms with Crippen molar-refractivity contribution in [3.63, 3.8) is 0 Å². The van der Waals surface area contributed by atoms with Crippen LogP contribution in [0.1, 0.15) is 10.4 Å². The molecule has 1 N–H and O–H groups in total. The number of piperazine rings is 1.